The number of nitrogens with one attached hydrogen (secondary N) is 1. The van der Waals surface area contributed by atoms with Crippen LogP contribution in [0.1, 0.15) is 12.8 Å². The van der Waals surface area contributed by atoms with E-state index < -0.39 is 0 Å². The zero-order chi connectivity index (χ0) is 11.4. The third-order valence-electron chi connectivity index (χ3n) is 2.84. The minimum Gasteiger partial charge on any atom is -0.347 e. The predicted molar refractivity (Wildman–Crippen MR) is 65.1 cm³/mol. The van der Waals surface area contributed by atoms with Crippen molar-refractivity contribution in [3.63, 3.8) is 0 Å². The number of halogens is 1. The van der Waals surface area contributed by atoms with Crippen molar-refractivity contribution in [3.05, 3.63) is 36.3 Å². The molecule has 0 aliphatic carbocycles. The lowest BCUT2D eigenvalue weighted by molar-refractivity contribution is 0.602. The molecule has 0 unspecified atom stereocenters. The first-order chi connectivity index (χ1) is 7.83. The molecule has 1 N–H and O–H groups in total. The molecule has 0 saturated heterocycles. The van der Waals surface area contributed by atoms with Crippen molar-refractivity contribution < 1.29 is 4.39 Å². The van der Waals surface area contributed by atoms with Gasteiger partial charge in [-0.05, 0) is 44.6 Å². The van der Waals surface area contributed by atoms with E-state index >= 15 is 0 Å². The fraction of sp³-hybridized carbons (Fsp3) is 0.385. The van der Waals surface area contributed by atoms with Crippen molar-refractivity contribution >= 4 is 10.9 Å². The average molecular weight is 220 g/mol. The van der Waals surface area contributed by atoms with Gasteiger partial charge in [0.2, 0.25) is 0 Å². The standard InChI is InChI=1S/C13H17FN2/c1-15-8-2-3-9-16-10-7-11-12(14)5-4-6-13(11)16/h4-7,10,15H,2-3,8-9H2,1H3. The molecule has 0 radical (unpaired) electrons. The number of nitrogens with zero attached hydrogens (tertiary/aromatic N) is 1. The number of aromatic nitrogens is 1. The molecule has 2 nitrogen and oxygen atoms in total. The summed E-state index contributed by atoms with van der Waals surface area (Å²) < 4.78 is 15.5. The molecule has 2 aromatic rings. The Morgan fingerprint density at radius 3 is 2.94 bits per heavy atom. The first-order valence-electron chi connectivity index (χ1n) is 5.71. The Kier molecular flexibility index (Phi) is 3.57. The number of hydrogen-bond donors (Lipinski definition) is 1. The molecule has 0 bridgehead atoms. The quantitative estimate of drug-likeness (QED) is 0.767. The highest BCUT2D eigenvalue weighted by Gasteiger charge is 2.04. The predicted octanol–water partition coefficient (Wildman–Crippen LogP) is 2.78. The Bertz CT molecular complexity index is 462. The molecule has 1 heterocycles. The molecule has 0 amide bonds. The maximum Gasteiger partial charge on any atom is 0.132 e. The molecular weight excluding hydrogens is 203 g/mol. The molecule has 0 aliphatic rings. The van der Waals surface area contributed by atoms with E-state index in [4.69, 9.17) is 0 Å². The maximum atomic E-state index is 13.4. The minimum atomic E-state index is -0.133. The second kappa shape index (κ2) is 5.12. The van der Waals surface area contributed by atoms with Gasteiger partial charge in [-0.15, -0.1) is 0 Å². The van der Waals surface area contributed by atoms with Crippen molar-refractivity contribution in [1.29, 1.82) is 0 Å². The van der Waals surface area contributed by atoms with E-state index in [9.17, 15) is 4.39 Å². The Morgan fingerprint density at radius 2 is 2.12 bits per heavy atom. The molecule has 3 heteroatoms. The smallest absolute Gasteiger partial charge is 0.132 e. The van der Waals surface area contributed by atoms with Crippen LogP contribution < -0.4 is 5.32 Å². The van der Waals surface area contributed by atoms with E-state index in [2.05, 4.69) is 9.88 Å². The van der Waals surface area contributed by atoms with E-state index in [1.54, 1.807) is 6.07 Å². The SMILES string of the molecule is CNCCCCn1ccc2c(F)cccc21. The van der Waals surface area contributed by atoms with Gasteiger partial charge in [0.15, 0.2) is 0 Å². The molecule has 1 aromatic carbocycles. The van der Waals surface area contributed by atoms with Gasteiger partial charge in [0.1, 0.15) is 5.82 Å². The molecule has 86 valence electrons. The summed E-state index contributed by atoms with van der Waals surface area (Å²) in [5.74, 6) is -0.133. The maximum absolute atomic E-state index is 13.4. The van der Waals surface area contributed by atoms with Crippen LogP contribution >= 0.6 is 0 Å². The third-order valence-corrected chi connectivity index (χ3v) is 2.84. The molecule has 16 heavy (non-hydrogen) atoms. The van der Waals surface area contributed by atoms with Crippen LogP contribution in [0.4, 0.5) is 4.39 Å². The van der Waals surface area contributed by atoms with Gasteiger partial charge in [0, 0.05) is 18.1 Å². The lowest BCUT2D eigenvalue weighted by Gasteiger charge is -2.05. The zero-order valence-electron chi connectivity index (χ0n) is 9.54. The lowest BCUT2D eigenvalue weighted by atomic mass is 10.2. The number of unbranched alkanes of at least 4 members (excludes halogenated alkanes) is 1. The number of benzene rings is 1. The first-order valence-corrected chi connectivity index (χ1v) is 5.71. The summed E-state index contributed by atoms with van der Waals surface area (Å²) in [6.45, 7) is 1.99. The second-order valence-corrected chi connectivity index (χ2v) is 3.99. The van der Waals surface area contributed by atoms with Gasteiger partial charge in [-0.1, -0.05) is 6.07 Å². The number of fused-ring (bicyclic) bond motifs is 1. The summed E-state index contributed by atoms with van der Waals surface area (Å²) in [5.41, 5.74) is 0.990. The van der Waals surface area contributed by atoms with Gasteiger partial charge in [-0.25, -0.2) is 4.39 Å². The summed E-state index contributed by atoms with van der Waals surface area (Å²) in [6.07, 6.45) is 4.22. The van der Waals surface area contributed by atoms with Crippen LogP contribution in [0.2, 0.25) is 0 Å². The number of hydrogen-bond acceptors (Lipinski definition) is 1. The van der Waals surface area contributed by atoms with E-state index in [1.165, 1.54) is 6.07 Å². The van der Waals surface area contributed by atoms with Crippen LogP contribution in [0, 0.1) is 5.82 Å². The normalized spacial score (nSPS) is 11.1. The van der Waals surface area contributed by atoms with E-state index in [-0.39, 0.29) is 5.82 Å². The number of aryl methyl sites for hydroxylation is 1. The Morgan fingerprint density at radius 1 is 1.25 bits per heavy atom. The highest BCUT2D eigenvalue weighted by atomic mass is 19.1. The lowest BCUT2D eigenvalue weighted by Crippen LogP contribution is -2.08. The summed E-state index contributed by atoms with van der Waals surface area (Å²) in [6, 6.07) is 7.09. The van der Waals surface area contributed by atoms with Gasteiger partial charge < -0.3 is 9.88 Å². The summed E-state index contributed by atoms with van der Waals surface area (Å²) in [5, 5.41) is 3.84. The van der Waals surface area contributed by atoms with Gasteiger partial charge >= 0.3 is 0 Å². The summed E-state index contributed by atoms with van der Waals surface area (Å²) in [7, 11) is 1.96. The van der Waals surface area contributed by atoms with Crippen LogP contribution in [0.15, 0.2) is 30.5 Å². The minimum absolute atomic E-state index is 0.133. The second-order valence-electron chi connectivity index (χ2n) is 3.99. The van der Waals surface area contributed by atoms with Crippen molar-refractivity contribution in [2.45, 2.75) is 19.4 Å². The Labute approximate surface area is 95.1 Å². The largest absolute Gasteiger partial charge is 0.347 e. The highest BCUT2D eigenvalue weighted by molar-refractivity contribution is 5.80. The molecule has 0 fully saturated rings. The summed E-state index contributed by atoms with van der Waals surface area (Å²) >= 11 is 0. The third kappa shape index (κ3) is 2.25. The van der Waals surface area contributed by atoms with Crippen LogP contribution in [0.3, 0.4) is 0 Å². The summed E-state index contributed by atoms with van der Waals surface area (Å²) in [4.78, 5) is 0. The van der Waals surface area contributed by atoms with Crippen molar-refractivity contribution in [2.24, 2.45) is 0 Å². The number of rotatable bonds is 5. The van der Waals surface area contributed by atoms with Gasteiger partial charge in [0.05, 0.1) is 5.52 Å². The van der Waals surface area contributed by atoms with Gasteiger partial charge in [-0.3, -0.25) is 0 Å². The van der Waals surface area contributed by atoms with Crippen LogP contribution in [0.5, 0.6) is 0 Å². The van der Waals surface area contributed by atoms with Crippen molar-refractivity contribution in [1.82, 2.24) is 9.88 Å². The molecular formula is C13H17FN2. The molecule has 0 atom stereocenters. The molecule has 1 aromatic heterocycles. The highest BCUT2D eigenvalue weighted by Crippen LogP contribution is 2.19. The van der Waals surface area contributed by atoms with Gasteiger partial charge in [0.25, 0.3) is 0 Å². The molecule has 0 saturated carbocycles. The van der Waals surface area contributed by atoms with Crippen LogP contribution in [-0.2, 0) is 6.54 Å². The molecule has 0 spiro atoms. The first kappa shape index (κ1) is 11.1. The van der Waals surface area contributed by atoms with Crippen molar-refractivity contribution in [2.75, 3.05) is 13.6 Å². The zero-order valence-corrected chi connectivity index (χ0v) is 9.54. The topological polar surface area (TPSA) is 17.0 Å². The van der Waals surface area contributed by atoms with Crippen LogP contribution in [-0.4, -0.2) is 18.2 Å². The van der Waals surface area contributed by atoms with E-state index in [0.717, 1.165) is 36.8 Å². The monoisotopic (exact) mass is 220 g/mol. The molecule has 2 rings (SSSR count). The van der Waals surface area contributed by atoms with Crippen LogP contribution in [0.25, 0.3) is 10.9 Å². The van der Waals surface area contributed by atoms with E-state index in [0.29, 0.717) is 0 Å². The van der Waals surface area contributed by atoms with E-state index in [1.807, 2.05) is 25.4 Å². The molecule has 0 aliphatic heterocycles. The fourth-order valence-corrected chi connectivity index (χ4v) is 1.96. The Hall–Kier alpha value is -1.35. The fourth-order valence-electron chi connectivity index (χ4n) is 1.96. The van der Waals surface area contributed by atoms with Gasteiger partial charge in [-0.2, -0.15) is 0 Å². The van der Waals surface area contributed by atoms with Crippen molar-refractivity contribution in [3.8, 4) is 0 Å². The average Bonchev–Trinajstić information content (AvgIpc) is 2.70. The Balaban J connectivity index is 2.10.